The molecule has 2 aliphatic heterocycles. The highest BCUT2D eigenvalue weighted by molar-refractivity contribution is 6.00. The lowest BCUT2D eigenvalue weighted by molar-refractivity contribution is -0.165. The van der Waals surface area contributed by atoms with Crippen LogP contribution in [-0.2, 0) is 9.59 Å². The average Bonchev–Trinajstić information content (AvgIpc) is 3.01. The molecule has 0 radical (unpaired) electrons. The van der Waals surface area contributed by atoms with Gasteiger partial charge in [0, 0.05) is 32.2 Å². The molecule has 2 atom stereocenters. The first-order chi connectivity index (χ1) is 19.9. The van der Waals surface area contributed by atoms with Crippen molar-refractivity contribution in [1.82, 2.24) is 20.4 Å². The first kappa shape index (κ1) is 34.1. The van der Waals surface area contributed by atoms with E-state index in [1.807, 2.05) is 17.0 Å². The van der Waals surface area contributed by atoms with Gasteiger partial charge in [-0.15, -0.1) is 12.4 Å². The molecule has 3 N–H and O–H groups in total. The van der Waals surface area contributed by atoms with Gasteiger partial charge in [-0.05, 0) is 88.1 Å². The third-order valence-corrected chi connectivity index (χ3v) is 9.38. The number of aliphatic hydroxyl groups excluding tert-OH is 1. The summed E-state index contributed by atoms with van der Waals surface area (Å²) in [4.78, 5) is 43.3. The molecular weight excluding hydrogens is 556 g/mol. The van der Waals surface area contributed by atoms with Crippen LogP contribution in [0.25, 0.3) is 0 Å². The second-order valence-corrected chi connectivity index (χ2v) is 12.1. The number of piperidine rings is 1. The summed E-state index contributed by atoms with van der Waals surface area (Å²) >= 11 is 0. The van der Waals surface area contributed by atoms with Crippen LogP contribution in [0.15, 0.2) is 24.3 Å². The lowest BCUT2D eigenvalue weighted by Gasteiger charge is -2.52. The summed E-state index contributed by atoms with van der Waals surface area (Å²) < 4.78 is 5.83. The van der Waals surface area contributed by atoms with Crippen molar-refractivity contribution < 1.29 is 24.2 Å². The van der Waals surface area contributed by atoms with Gasteiger partial charge in [0.25, 0.3) is 5.91 Å². The zero-order valence-corrected chi connectivity index (χ0v) is 26.3. The number of carbonyl (C=O) groups is 3. The van der Waals surface area contributed by atoms with E-state index in [1.54, 1.807) is 19.2 Å². The van der Waals surface area contributed by atoms with Crippen LogP contribution in [0.1, 0.15) is 94.3 Å². The Hall–Kier alpha value is -2.36. The first-order valence-corrected chi connectivity index (χ1v) is 15.9. The molecule has 9 nitrogen and oxygen atoms in total. The smallest absolute Gasteiger partial charge is 0.251 e. The second kappa shape index (κ2) is 16.5. The van der Waals surface area contributed by atoms with Gasteiger partial charge in [0.05, 0.1) is 12.7 Å². The van der Waals surface area contributed by atoms with Crippen molar-refractivity contribution >= 4 is 30.1 Å². The molecule has 1 spiro atoms. The minimum atomic E-state index is -0.817. The van der Waals surface area contributed by atoms with Gasteiger partial charge in [-0.3, -0.25) is 14.4 Å². The van der Waals surface area contributed by atoms with Crippen LogP contribution in [0, 0.1) is 5.92 Å². The lowest BCUT2D eigenvalue weighted by atomic mass is 9.78. The van der Waals surface area contributed by atoms with Crippen molar-refractivity contribution in [3.05, 3.63) is 29.8 Å². The van der Waals surface area contributed by atoms with Gasteiger partial charge in [-0.2, -0.15) is 0 Å². The van der Waals surface area contributed by atoms with Gasteiger partial charge >= 0.3 is 0 Å². The van der Waals surface area contributed by atoms with E-state index in [0.29, 0.717) is 31.6 Å². The van der Waals surface area contributed by atoms with Gasteiger partial charge in [0.2, 0.25) is 11.8 Å². The Balaban J connectivity index is 0.00000484. The molecule has 3 amide bonds. The number of unbranched alkanes of at least 4 members (excludes halogenated alkanes) is 3. The maximum Gasteiger partial charge on any atom is 0.251 e. The molecule has 1 aliphatic carbocycles. The van der Waals surface area contributed by atoms with Crippen LogP contribution in [0.4, 0.5) is 0 Å². The van der Waals surface area contributed by atoms with Crippen LogP contribution in [0.3, 0.4) is 0 Å². The van der Waals surface area contributed by atoms with Crippen molar-refractivity contribution in [1.29, 1.82) is 0 Å². The molecule has 1 aromatic rings. The van der Waals surface area contributed by atoms with E-state index >= 15 is 0 Å². The fourth-order valence-electron chi connectivity index (χ4n) is 6.75. The largest absolute Gasteiger partial charge is 0.494 e. The molecule has 4 rings (SSSR count). The predicted molar refractivity (Wildman–Crippen MR) is 166 cm³/mol. The SMILES string of the molecule is CCCCN1C(=O)[C@@H]([C@H](O)C2CCCCC2)NC(=O)C12CCN(CCCCCOc1ccc(C(=O)NC)cc1)CC2.Cl. The van der Waals surface area contributed by atoms with Crippen LogP contribution >= 0.6 is 12.4 Å². The number of carbonyl (C=O) groups excluding carboxylic acids is 3. The van der Waals surface area contributed by atoms with Crippen molar-refractivity contribution in [2.24, 2.45) is 5.92 Å². The van der Waals surface area contributed by atoms with E-state index in [9.17, 15) is 19.5 Å². The summed E-state index contributed by atoms with van der Waals surface area (Å²) in [6.07, 6.45) is 10.5. The third-order valence-electron chi connectivity index (χ3n) is 9.38. The number of benzene rings is 1. The summed E-state index contributed by atoms with van der Waals surface area (Å²) in [5.41, 5.74) is -0.184. The van der Waals surface area contributed by atoms with Crippen molar-refractivity contribution in [2.75, 3.05) is 39.8 Å². The highest BCUT2D eigenvalue weighted by Gasteiger charge is 2.55. The van der Waals surface area contributed by atoms with Crippen molar-refractivity contribution in [2.45, 2.75) is 102 Å². The van der Waals surface area contributed by atoms with Crippen LogP contribution in [0.2, 0.25) is 0 Å². The molecule has 0 unspecified atom stereocenters. The Kier molecular flexibility index (Phi) is 13.4. The van der Waals surface area contributed by atoms with E-state index in [2.05, 4.69) is 22.5 Å². The Morgan fingerprint density at radius 2 is 1.74 bits per heavy atom. The molecule has 3 fully saturated rings. The molecule has 236 valence electrons. The van der Waals surface area contributed by atoms with Crippen molar-refractivity contribution in [3.63, 3.8) is 0 Å². The average molecular weight is 607 g/mol. The van der Waals surface area contributed by atoms with Crippen LogP contribution < -0.4 is 15.4 Å². The highest BCUT2D eigenvalue weighted by atomic mass is 35.5. The van der Waals surface area contributed by atoms with Gasteiger partial charge < -0.3 is 30.3 Å². The third kappa shape index (κ3) is 8.17. The number of piperazine rings is 1. The zero-order valence-electron chi connectivity index (χ0n) is 25.4. The van der Waals surface area contributed by atoms with Crippen molar-refractivity contribution in [3.8, 4) is 5.75 Å². The fourth-order valence-corrected chi connectivity index (χ4v) is 6.75. The maximum atomic E-state index is 13.8. The monoisotopic (exact) mass is 606 g/mol. The lowest BCUT2D eigenvalue weighted by Crippen LogP contribution is -2.75. The van der Waals surface area contributed by atoms with E-state index in [-0.39, 0.29) is 36.0 Å². The minimum absolute atomic E-state index is 0. The molecule has 1 saturated carbocycles. The summed E-state index contributed by atoms with van der Waals surface area (Å²) in [6.45, 7) is 5.84. The minimum Gasteiger partial charge on any atom is -0.494 e. The number of ether oxygens (including phenoxy) is 1. The number of halogens is 1. The van der Waals surface area contributed by atoms with E-state index in [0.717, 1.165) is 83.2 Å². The molecule has 3 aliphatic rings. The molecule has 42 heavy (non-hydrogen) atoms. The molecule has 0 aromatic heterocycles. The van der Waals surface area contributed by atoms with Gasteiger partial charge in [0.1, 0.15) is 17.3 Å². The summed E-state index contributed by atoms with van der Waals surface area (Å²) in [5.74, 6) is 0.575. The number of amides is 3. The summed E-state index contributed by atoms with van der Waals surface area (Å²) in [5, 5.41) is 16.7. The zero-order chi connectivity index (χ0) is 29.2. The van der Waals surface area contributed by atoms with Crippen LogP contribution in [0.5, 0.6) is 5.75 Å². The standard InChI is InChI=1S/C32H50N4O5.ClH/c1-3-4-20-36-30(39)27(28(37)24-11-7-5-8-12-24)34-31(40)32(36)17-21-35(22-18-32)19-9-6-10-23-41-26-15-13-25(14-16-26)29(38)33-2;/h13-16,24,27-28,37H,3-12,17-23H2,1-2H3,(H,33,38)(H,34,40);1H/t27-,28-;/m1./s1. The summed E-state index contributed by atoms with van der Waals surface area (Å²) in [7, 11) is 1.62. The quantitative estimate of drug-likeness (QED) is 0.294. The molecular formula is C32H51ClN4O5. The van der Waals surface area contributed by atoms with E-state index in [4.69, 9.17) is 4.74 Å². The Morgan fingerprint density at radius 1 is 1.05 bits per heavy atom. The summed E-state index contributed by atoms with van der Waals surface area (Å²) in [6, 6.07) is 6.35. The van der Waals surface area contributed by atoms with Gasteiger partial charge in [-0.25, -0.2) is 0 Å². The molecule has 0 bridgehead atoms. The van der Waals surface area contributed by atoms with E-state index in [1.165, 1.54) is 6.42 Å². The molecule has 10 heteroatoms. The highest BCUT2D eigenvalue weighted by Crippen LogP contribution is 2.36. The number of nitrogens with one attached hydrogen (secondary N) is 2. The fraction of sp³-hybridized carbons (Fsp3) is 0.719. The molecule has 2 heterocycles. The maximum absolute atomic E-state index is 13.8. The second-order valence-electron chi connectivity index (χ2n) is 12.1. The Morgan fingerprint density at radius 3 is 2.38 bits per heavy atom. The Labute approximate surface area is 257 Å². The normalized spacial score (nSPS) is 21.9. The predicted octanol–water partition coefficient (Wildman–Crippen LogP) is 3.92. The number of nitrogens with zero attached hydrogens (tertiary/aromatic N) is 2. The number of likely N-dealkylation sites (tertiary alicyclic amines) is 1. The van der Waals surface area contributed by atoms with Crippen LogP contribution in [-0.4, -0.2) is 90.1 Å². The van der Waals surface area contributed by atoms with E-state index < -0.39 is 17.7 Å². The van der Waals surface area contributed by atoms with Gasteiger partial charge in [-0.1, -0.05) is 32.6 Å². The number of hydrogen-bond acceptors (Lipinski definition) is 6. The number of rotatable bonds is 13. The number of hydrogen-bond donors (Lipinski definition) is 3. The van der Waals surface area contributed by atoms with Gasteiger partial charge in [0.15, 0.2) is 0 Å². The molecule has 2 saturated heterocycles. The Bertz CT molecular complexity index is 1010. The first-order valence-electron chi connectivity index (χ1n) is 15.9. The topological polar surface area (TPSA) is 111 Å². The number of aliphatic hydroxyl groups is 1. The molecule has 1 aromatic carbocycles.